The van der Waals surface area contributed by atoms with Crippen molar-refractivity contribution >= 4 is 33.0 Å². The number of ether oxygens (including phenoxy) is 1. The first kappa shape index (κ1) is 15.7. The van der Waals surface area contributed by atoms with Crippen LogP contribution in [0.5, 0.6) is 0 Å². The summed E-state index contributed by atoms with van der Waals surface area (Å²) < 4.78 is 29.2. The van der Waals surface area contributed by atoms with Gasteiger partial charge in [0.15, 0.2) is 9.84 Å². The summed E-state index contributed by atoms with van der Waals surface area (Å²) in [6.07, 6.45) is -0.164. The highest BCUT2D eigenvalue weighted by molar-refractivity contribution is 7.91. The van der Waals surface area contributed by atoms with Gasteiger partial charge in [-0.25, -0.2) is 8.42 Å². The Kier molecular flexibility index (Phi) is 5.88. The second-order valence-corrected chi connectivity index (χ2v) is 6.82. The molecule has 0 aliphatic rings. The van der Waals surface area contributed by atoms with Crippen LogP contribution in [0.25, 0.3) is 0 Å². The smallest absolute Gasteiger partial charge is 0.180 e. The lowest BCUT2D eigenvalue weighted by atomic mass is 10.4. The minimum Gasteiger partial charge on any atom is -0.376 e. The predicted octanol–water partition coefficient (Wildman–Crippen LogP) is 2.13. The van der Waals surface area contributed by atoms with Crippen LogP contribution in [0.3, 0.4) is 0 Å². The van der Waals surface area contributed by atoms with Crippen LogP contribution in [0.4, 0.5) is 0 Å². The normalized spacial score (nSPS) is 13.6. The highest BCUT2D eigenvalue weighted by atomic mass is 35.5. The molecule has 1 aromatic carbocycles. The van der Waals surface area contributed by atoms with Gasteiger partial charge in [0.05, 0.1) is 23.4 Å². The van der Waals surface area contributed by atoms with Crippen LogP contribution in [0.1, 0.15) is 6.92 Å². The van der Waals surface area contributed by atoms with Crippen LogP contribution < -0.4 is 5.73 Å². The number of hydrogen-bond acceptors (Lipinski definition) is 4. The summed E-state index contributed by atoms with van der Waals surface area (Å²) in [4.78, 5) is 0.101. The van der Waals surface area contributed by atoms with Gasteiger partial charge in [-0.1, -0.05) is 23.2 Å². The Morgan fingerprint density at radius 1 is 1.28 bits per heavy atom. The first-order valence-electron chi connectivity index (χ1n) is 5.35. The maximum Gasteiger partial charge on any atom is 0.180 e. The maximum atomic E-state index is 12.0. The van der Waals surface area contributed by atoms with Gasteiger partial charge in [-0.15, -0.1) is 0 Å². The van der Waals surface area contributed by atoms with Crippen molar-refractivity contribution in [3.05, 3.63) is 28.2 Å². The zero-order valence-electron chi connectivity index (χ0n) is 9.90. The fourth-order valence-corrected chi connectivity index (χ4v) is 3.07. The van der Waals surface area contributed by atoms with Crippen LogP contribution in [0.15, 0.2) is 23.1 Å². The van der Waals surface area contributed by atoms with Crippen molar-refractivity contribution in [2.45, 2.75) is 17.9 Å². The number of sulfone groups is 1. The van der Waals surface area contributed by atoms with E-state index in [9.17, 15) is 8.42 Å². The van der Waals surface area contributed by atoms with Crippen LogP contribution in [0.2, 0.25) is 10.0 Å². The molecule has 0 aromatic heterocycles. The third-order valence-electron chi connectivity index (χ3n) is 2.28. The topological polar surface area (TPSA) is 69.4 Å². The lowest BCUT2D eigenvalue weighted by molar-refractivity contribution is 0.0838. The molecule has 0 radical (unpaired) electrons. The molecule has 2 N–H and O–H groups in total. The summed E-state index contributed by atoms with van der Waals surface area (Å²) in [5.41, 5.74) is 5.36. The summed E-state index contributed by atoms with van der Waals surface area (Å²) in [7, 11) is -3.44. The minimum absolute atomic E-state index is 0.0881. The van der Waals surface area contributed by atoms with E-state index in [-0.39, 0.29) is 33.4 Å². The van der Waals surface area contributed by atoms with Crippen molar-refractivity contribution in [1.82, 2.24) is 0 Å². The summed E-state index contributed by atoms with van der Waals surface area (Å²) in [5.74, 6) is -0.131. The van der Waals surface area contributed by atoms with E-state index in [0.29, 0.717) is 6.54 Å². The van der Waals surface area contributed by atoms with Gasteiger partial charge in [-0.2, -0.15) is 0 Å². The second kappa shape index (κ2) is 6.73. The molecule has 0 saturated heterocycles. The van der Waals surface area contributed by atoms with Crippen LogP contribution in [0, 0.1) is 0 Å². The molecule has 0 bridgehead atoms. The third-order valence-corrected chi connectivity index (χ3v) is 4.38. The fraction of sp³-hybridized carbons (Fsp3) is 0.455. The third kappa shape index (κ3) is 4.74. The quantitative estimate of drug-likeness (QED) is 0.873. The summed E-state index contributed by atoms with van der Waals surface area (Å²) >= 11 is 11.5. The lowest BCUT2D eigenvalue weighted by Crippen LogP contribution is -2.23. The molecule has 0 amide bonds. The van der Waals surface area contributed by atoms with Crippen LogP contribution >= 0.6 is 23.2 Å². The maximum absolute atomic E-state index is 12.0. The van der Waals surface area contributed by atoms with Crippen LogP contribution in [-0.2, 0) is 14.6 Å². The second-order valence-electron chi connectivity index (χ2n) is 3.84. The molecule has 0 spiro atoms. The van der Waals surface area contributed by atoms with E-state index in [1.807, 2.05) is 0 Å². The Labute approximate surface area is 117 Å². The predicted molar refractivity (Wildman–Crippen MR) is 73.0 cm³/mol. The Hall–Kier alpha value is -0.330. The van der Waals surface area contributed by atoms with E-state index in [0.717, 1.165) is 0 Å². The highest BCUT2D eigenvalue weighted by Gasteiger charge is 2.16. The van der Waals surface area contributed by atoms with E-state index in [1.165, 1.54) is 18.2 Å². The van der Waals surface area contributed by atoms with E-state index in [1.54, 1.807) is 6.92 Å². The Morgan fingerprint density at radius 2 is 1.83 bits per heavy atom. The molecule has 18 heavy (non-hydrogen) atoms. The Balaban J connectivity index is 2.74. The fourth-order valence-electron chi connectivity index (χ4n) is 1.25. The van der Waals surface area contributed by atoms with Crippen molar-refractivity contribution in [3.8, 4) is 0 Å². The van der Waals surface area contributed by atoms with Crippen molar-refractivity contribution < 1.29 is 13.2 Å². The SMILES string of the molecule is CC(CN)OCCS(=O)(=O)c1cc(Cl)cc(Cl)c1. The first-order chi connectivity index (χ1) is 8.35. The molecular formula is C11H15Cl2NO3S. The molecule has 1 atom stereocenters. The Bertz CT molecular complexity index is 485. The van der Waals surface area contributed by atoms with Crippen molar-refractivity contribution in [2.24, 2.45) is 5.73 Å². The number of halogens is 2. The number of benzene rings is 1. The number of rotatable bonds is 6. The van der Waals surface area contributed by atoms with Crippen molar-refractivity contribution in [1.29, 1.82) is 0 Å². The molecule has 0 heterocycles. The van der Waals surface area contributed by atoms with E-state index in [2.05, 4.69) is 0 Å². The van der Waals surface area contributed by atoms with Crippen molar-refractivity contribution in [3.63, 3.8) is 0 Å². The standard InChI is InChI=1S/C11H15Cl2NO3S/c1-8(7-14)17-2-3-18(15,16)11-5-9(12)4-10(13)6-11/h4-6,8H,2-3,7,14H2,1H3. The molecular weight excluding hydrogens is 297 g/mol. The zero-order chi connectivity index (χ0) is 13.8. The average molecular weight is 312 g/mol. The molecule has 102 valence electrons. The van der Waals surface area contributed by atoms with E-state index < -0.39 is 9.84 Å². The van der Waals surface area contributed by atoms with Crippen molar-refractivity contribution in [2.75, 3.05) is 18.9 Å². The van der Waals surface area contributed by atoms with E-state index >= 15 is 0 Å². The largest absolute Gasteiger partial charge is 0.376 e. The van der Waals surface area contributed by atoms with Crippen LogP contribution in [-0.4, -0.2) is 33.4 Å². The molecule has 0 aliphatic carbocycles. The monoisotopic (exact) mass is 311 g/mol. The minimum atomic E-state index is -3.44. The van der Waals surface area contributed by atoms with Gasteiger partial charge in [0.1, 0.15) is 0 Å². The zero-order valence-corrected chi connectivity index (χ0v) is 12.2. The summed E-state index contributed by atoms with van der Waals surface area (Å²) in [6, 6.07) is 4.22. The molecule has 7 heteroatoms. The van der Waals surface area contributed by atoms with Gasteiger partial charge < -0.3 is 10.5 Å². The van der Waals surface area contributed by atoms with Gasteiger partial charge in [-0.3, -0.25) is 0 Å². The lowest BCUT2D eigenvalue weighted by Gasteiger charge is -2.11. The Morgan fingerprint density at radius 3 is 2.33 bits per heavy atom. The summed E-state index contributed by atoms with van der Waals surface area (Å²) in [6.45, 7) is 2.22. The molecule has 0 aliphatic heterocycles. The average Bonchev–Trinajstić information content (AvgIpc) is 2.27. The van der Waals surface area contributed by atoms with Gasteiger partial charge in [0, 0.05) is 16.6 Å². The molecule has 0 fully saturated rings. The van der Waals surface area contributed by atoms with Gasteiger partial charge >= 0.3 is 0 Å². The van der Waals surface area contributed by atoms with Gasteiger partial charge in [0.2, 0.25) is 0 Å². The molecule has 1 unspecified atom stereocenters. The molecule has 0 saturated carbocycles. The van der Waals surface area contributed by atoms with E-state index in [4.69, 9.17) is 33.7 Å². The molecule has 4 nitrogen and oxygen atoms in total. The van der Waals surface area contributed by atoms with Gasteiger partial charge in [-0.05, 0) is 25.1 Å². The first-order valence-corrected chi connectivity index (χ1v) is 7.76. The number of hydrogen-bond donors (Lipinski definition) is 1. The molecule has 1 rings (SSSR count). The molecule has 1 aromatic rings. The highest BCUT2D eigenvalue weighted by Crippen LogP contribution is 2.23. The number of nitrogens with two attached hydrogens (primary N) is 1. The summed E-state index contributed by atoms with van der Waals surface area (Å²) in [5, 5.41) is 0.578. The van der Waals surface area contributed by atoms with Gasteiger partial charge in [0.25, 0.3) is 0 Å².